The van der Waals surface area contributed by atoms with Crippen LogP contribution in [-0.4, -0.2) is 56.3 Å². The second kappa shape index (κ2) is 8.78. The molecule has 1 amide bonds. The van der Waals surface area contributed by atoms with E-state index < -0.39 is 6.10 Å². The van der Waals surface area contributed by atoms with Crippen molar-refractivity contribution in [3.63, 3.8) is 0 Å². The van der Waals surface area contributed by atoms with Gasteiger partial charge < -0.3 is 19.6 Å². The Labute approximate surface area is 164 Å². The number of aliphatic hydroxyl groups excluding tert-OH is 1. The number of aliphatic hydroxyl groups is 1. The summed E-state index contributed by atoms with van der Waals surface area (Å²) >= 11 is 1.54. The molecular formula is C21H26N2O3S. The van der Waals surface area contributed by atoms with Crippen LogP contribution < -0.4 is 9.64 Å². The third-order valence-corrected chi connectivity index (χ3v) is 6.03. The first kappa shape index (κ1) is 19.7. The van der Waals surface area contributed by atoms with Gasteiger partial charge in [-0.3, -0.25) is 4.79 Å². The average molecular weight is 387 g/mol. The van der Waals surface area contributed by atoms with Gasteiger partial charge in [-0.2, -0.15) is 0 Å². The lowest BCUT2D eigenvalue weighted by atomic mass is 10.1. The molecule has 0 saturated heterocycles. The van der Waals surface area contributed by atoms with Gasteiger partial charge in [-0.25, -0.2) is 0 Å². The molecule has 0 spiro atoms. The standard InChI is InChI=1S/C21H26N2O3S/c1-22(2)13-6-14-23-17-7-4-5-8-18(17)27-20(19(24)21(23)25)15-9-11-16(26-3)12-10-15/h4-5,7-12,19-20,24H,6,13-14H2,1-3H3/t19-,20+/m0/s1. The lowest BCUT2D eigenvalue weighted by Crippen LogP contribution is -2.41. The minimum atomic E-state index is -1.10. The number of ether oxygens (including phenoxy) is 1. The molecule has 2 aromatic carbocycles. The molecule has 6 heteroatoms. The van der Waals surface area contributed by atoms with Gasteiger partial charge in [0.2, 0.25) is 0 Å². The summed E-state index contributed by atoms with van der Waals surface area (Å²) in [6.45, 7) is 1.47. The summed E-state index contributed by atoms with van der Waals surface area (Å²) < 4.78 is 5.22. The monoisotopic (exact) mass is 386 g/mol. The lowest BCUT2D eigenvalue weighted by molar-refractivity contribution is -0.126. The number of hydrogen-bond donors (Lipinski definition) is 1. The highest BCUT2D eigenvalue weighted by Gasteiger charge is 2.37. The second-order valence-electron chi connectivity index (χ2n) is 6.87. The summed E-state index contributed by atoms with van der Waals surface area (Å²) in [4.78, 5) is 18.0. The summed E-state index contributed by atoms with van der Waals surface area (Å²) in [5.41, 5.74) is 1.79. The fourth-order valence-corrected chi connectivity index (χ4v) is 4.48. The molecule has 2 atom stereocenters. The van der Waals surface area contributed by atoms with Gasteiger partial charge in [-0.1, -0.05) is 24.3 Å². The fraction of sp³-hybridized carbons (Fsp3) is 0.381. The van der Waals surface area contributed by atoms with Crippen LogP contribution in [-0.2, 0) is 4.79 Å². The molecule has 0 bridgehead atoms. The van der Waals surface area contributed by atoms with Crippen molar-refractivity contribution in [2.45, 2.75) is 22.7 Å². The number of fused-ring (bicyclic) bond motifs is 1. The summed E-state index contributed by atoms with van der Waals surface area (Å²) in [5, 5.41) is 10.5. The number of nitrogens with zero attached hydrogens (tertiary/aromatic N) is 2. The van der Waals surface area contributed by atoms with Crippen LogP contribution in [0.2, 0.25) is 0 Å². The van der Waals surface area contributed by atoms with Crippen LogP contribution >= 0.6 is 11.8 Å². The second-order valence-corrected chi connectivity index (χ2v) is 8.05. The SMILES string of the molecule is COc1ccc([C@H]2Sc3ccccc3N(CCCN(C)C)C(=O)[C@H]2O)cc1. The number of carbonyl (C=O) groups excluding carboxylic acids is 1. The van der Waals surface area contributed by atoms with Gasteiger partial charge in [-0.05, 0) is 56.9 Å². The first-order valence-electron chi connectivity index (χ1n) is 9.05. The molecule has 0 saturated carbocycles. The number of thioether (sulfide) groups is 1. The number of methoxy groups -OCH3 is 1. The van der Waals surface area contributed by atoms with E-state index in [0.717, 1.165) is 34.9 Å². The van der Waals surface area contributed by atoms with Crippen molar-refractivity contribution >= 4 is 23.4 Å². The molecule has 1 aliphatic rings. The highest BCUT2D eigenvalue weighted by Crippen LogP contribution is 2.45. The van der Waals surface area contributed by atoms with Crippen molar-refractivity contribution in [2.24, 2.45) is 0 Å². The lowest BCUT2D eigenvalue weighted by Gasteiger charge is -2.25. The van der Waals surface area contributed by atoms with E-state index in [1.165, 1.54) is 11.8 Å². The topological polar surface area (TPSA) is 53.0 Å². The third kappa shape index (κ3) is 4.46. The van der Waals surface area contributed by atoms with E-state index in [9.17, 15) is 9.90 Å². The van der Waals surface area contributed by atoms with Crippen LogP contribution in [0.5, 0.6) is 5.75 Å². The van der Waals surface area contributed by atoms with E-state index in [2.05, 4.69) is 4.90 Å². The van der Waals surface area contributed by atoms with E-state index in [-0.39, 0.29) is 11.2 Å². The predicted molar refractivity (Wildman–Crippen MR) is 110 cm³/mol. The van der Waals surface area contributed by atoms with Crippen molar-refractivity contribution in [2.75, 3.05) is 39.2 Å². The highest BCUT2D eigenvalue weighted by atomic mass is 32.2. The van der Waals surface area contributed by atoms with Crippen LogP contribution in [0.3, 0.4) is 0 Å². The van der Waals surface area contributed by atoms with E-state index in [1.807, 2.05) is 62.6 Å². The van der Waals surface area contributed by atoms with Crippen LogP contribution in [0.4, 0.5) is 5.69 Å². The minimum absolute atomic E-state index is 0.243. The zero-order chi connectivity index (χ0) is 19.4. The minimum Gasteiger partial charge on any atom is -0.497 e. The molecule has 144 valence electrons. The number of rotatable bonds is 6. The molecule has 1 heterocycles. The first-order chi connectivity index (χ1) is 13.0. The number of amides is 1. The van der Waals surface area contributed by atoms with Crippen molar-refractivity contribution < 1.29 is 14.6 Å². The van der Waals surface area contributed by atoms with Crippen molar-refractivity contribution in [3.8, 4) is 5.75 Å². The Morgan fingerprint density at radius 2 is 1.85 bits per heavy atom. The molecular weight excluding hydrogens is 360 g/mol. The number of para-hydroxylation sites is 1. The molecule has 0 radical (unpaired) electrons. The molecule has 0 aliphatic carbocycles. The number of anilines is 1. The Morgan fingerprint density at radius 1 is 1.15 bits per heavy atom. The highest BCUT2D eigenvalue weighted by molar-refractivity contribution is 7.99. The zero-order valence-electron chi connectivity index (χ0n) is 16.0. The van der Waals surface area contributed by atoms with Crippen LogP contribution in [0.15, 0.2) is 53.4 Å². The number of benzene rings is 2. The summed E-state index contributed by atoms with van der Waals surface area (Å²) in [7, 11) is 5.65. The van der Waals surface area contributed by atoms with Gasteiger partial charge in [0.1, 0.15) is 11.9 Å². The van der Waals surface area contributed by atoms with Gasteiger partial charge in [0.25, 0.3) is 5.91 Å². The molecule has 0 aromatic heterocycles. The summed E-state index contributed by atoms with van der Waals surface area (Å²) in [5.74, 6) is 0.510. The zero-order valence-corrected chi connectivity index (χ0v) is 16.8. The van der Waals surface area contributed by atoms with Gasteiger partial charge in [0, 0.05) is 11.4 Å². The maximum absolute atomic E-state index is 13.1. The maximum Gasteiger partial charge on any atom is 0.257 e. The molecule has 5 nitrogen and oxygen atoms in total. The Kier molecular flexibility index (Phi) is 6.42. The van der Waals surface area contributed by atoms with Gasteiger partial charge in [-0.15, -0.1) is 11.8 Å². The van der Waals surface area contributed by atoms with Crippen molar-refractivity contribution in [3.05, 3.63) is 54.1 Å². The Bertz CT molecular complexity index is 779. The largest absolute Gasteiger partial charge is 0.497 e. The molecule has 2 aromatic rings. The Morgan fingerprint density at radius 3 is 2.52 bits per heavy atom. The molecule has 1 N–H and O–H groups in total. The van der Waals surface area contributed by atoms with Gasteiger partial charge in [0.15, 0.2) is 0 Å². The first-order valence-corrected chi connectivity index (χ1v) is 9.93. The normalized spacial score (nSPS) is 19.7. The third-order valence-electron chi connectivity index (χ3n) is 4.65. The van der Waals surface area contributed by atoms with E-state index in [1.54, 1.807) is 12.0 Å². The van der Waals surface area contributed by atoms with E-state index >= 15 is 0 Å². The van der Waals surface area contributed by atoms with Crippen LogP contribution in [0.25, 0.3) is 0 Å². The molecule has 3 rings (SSSR count). The Hall–Kier alpha value is -2.02. The molecule has 27 heavy (non-hydrogen) atoms. The van der Waals surface area contributed by atoms with Crippen molar-refractivity contribution in [1.82, 2.24) is 4.90 Å². The number of carbonyl (C=O) groups is 1. The summed E-state index contributed by atoms with van der Waals surface area (Å²) in [6, 6.07) is 15.4. The smallest absolute Gasteiger partial charge is 0.257 e. The number of hydrogen-bond acceptors (Lipinski definition) is 5. The van der Waals surface area contributed by atoms with Crippen LogP contribution in [0, 0.1) is 0 Å². The molecule has 0 fully saturated rings. The van der Waals surface area contributed by atoms with Gasteiger partial charge >= 0.3 is 0 Å². The molecule has 1 aliphatic heterocycles. The molecule has 0 unspecified atom stereocenters. The fourth-order valence-electron chi connectivity index (χ4n) is 3.21. The van der Waals surface area contributed by atoms with Crippen LogP contribution in [0.1, 0.15) is 17.2 Å². The van der Waals surface area contributed by atoms with Crippen molar-refractivity contribution in [1.29, 1.82) is 0 Å². The van der Waals surface area contributed by atoms with E-state index in [0.29, 0.717) is 6.54 Å². The summed E-state index contributed by atoms with van der Waals surface area (Å²) in [6.07, 6.45) is -0.257. The predicted octanol–water partition coefficient (Wildman–Crippen LogP) is 3.19. The van der Waals surface area contributed by atoms with E-state index in [4.69, 9.17) is 4.74 Å². The maximum atomic E-state index is 13.1. The van der Waals surface area contributed by atoms with Gasteiger partial charge in [0.05, 0.1) is 18.0 Å². The average Bonchev–Trinajstić information content (AvgIpc) is 2.78. The Balaban J connectivity index is 1.92. The quantitative estimate of drug-likeness (QED) is 0.826.